The molecule has 2 aliphatic heterocycles. The number of carbonyl (C=O) groups is 1. The van der Waals surface area contributed by atoms with Crippen LogP contribution in [0.5, 0.6) is 11.5 Å². The molecule has 5 rings (SSSR count). The van der Waals surface area contributed by atoms with Gasteiger partial charge in [-0.05, 0) is 61.2 Å². The maximum Gasteiger partial charge on any atom is 0.270 e. The first-order valence-corrected chi connectivity index (χ1v) is 16.3. The summed E-state index contributed by atoms with van der Waals surface area (Å²) in [5.41, 5.74) is 2.37. The number of pyridine rings is 1. The van der Waals surface area contributed by atoms with E-state index in [0.29, 0.717) is 95.5 Å². The molecule has 0 N–H and O–H groups in total. The highest BCUT2D eigenvalue weighted by Crippen LogP contribution is 2.37. The van der Waals surface area contributed by atoms with Gasteiger partial charge in [-0.25, -0.2) is 4.39 Å². The topological polar surface area (TPSA) is 91.0 Å². The summed E-state index contributed by atoms with van der Waals surface area (Å²) < 4.78 is 27.4. The standard InChI is InChI=1S/C34H36FN5O4S2/c1-5-13-39-31(38-17-15-37(16-18-38)27-9-7-6-8-26(27)35)24(22(2)25(21-36)32(39)41)20-30-33(42)40(34(45)46-30)14-12-23-10-11-28(43-3)29(19-23)44-4/h6-11,19-20H,5,12-18H2,1-4H3/b30-20-. The SMILES string of the molecule is CCCn1c(N2CCN(c3ccccc3F)CC2)c(/C=C2\SC(=S)N(CCc3ccc(OC)c(OC)c3)C2=O)c(C)c(C#N)c1=O. The van der Waals surface area contributed by atoms with Crippen LogP contribution in [-0.4, -0.2) is 66.6 Å². The number of thioether (sulfide) groups is 1. The van der Waals surface area contributed by atoms with Gasteiger partial charge in [-0.15, -0.1) is 0 Å². The molecule has 0 saturated carbocycles. The largest absolute Gasteiger partial charge is 0.493 e. The Labute approximate surface area is 277 Å². The second-order valence-corrected chi connectivity index (χ2v) is 12.7. The Morgan fingerprint density at radius 1 is 1.02 bits per heavy atom. The summed E-state index contributed by atoms with van der Waals surface area (Å²) in [5, 5.41) is 9.99. The number of para-hydroxylation sites is 1. The predicted octanol–water partition coefficient (Wildman–Crippen LogP) is 5.37. The number of nitrogens with zero attached hydrogens (tertiary/aromatic N) is 5. The minimum Gasteiger partial charge on any atom is -0.493 e. The first-order valence-electron chi connectivity index (χ1n) is 15.1. The van der Waals surface area contributed by atoms with E-state index in [1.165, 1.54) is 17.8 Å². The molecule has 240 valence electrons. The molecule has 0 spiro atoms. The number of methoxy groups -OCH3 is 2. The smallest absolute Gasteiger partial charge is 0.270 e. The maximum absolute atomic E-state index is 14.6. The summed E-state index contributed by atoms with van der Waals surface area (Å²) in [6.45, 7) is 6.63. The monoisotopic (exact) mass is 661 g/mol. The number of hydrogen-bond acceptors (Lipinski definition) is 9. The average molecular weight is 662 g/mol. The number of piperazine rings is 1. The lowest BCUT2D eigenvalue weighted by Gasteiger charge is -2.39. The molecule has 0 radical (unpaired) electrons. The summed E-state index contributed by atoms with van der Waals surface area (Å²) in [6, 6.07) is 14.4. The zero-order valence-electron chi connectivity index (χ0n) is 26.3. The lowest BCUT2D eigenvalue weighted by molar-refractivity contribution is -0.122. The van der Waals surface area contributed by atoms with Crippen molar-refractivity contribution in [2.75, 3.05) is 56.7 Å². The molecule has 0 unspecified atom stereocenters. The van der Waals surface area contributed by atoms with Gasteiger partial charge in [-0.2, -0.15) is 5.26 Å². The second-order valence-electron chi connectivity index (χ2n) is 11.0. The van der Waals surface area contributed by atoms with Gasteiger partial charge in [0.15, 0.2) is 11.5 Å². The van der Waals surface area contributed by atoms with Gasteiger partial charge >= 0.3 is 0 Å². The van der Waals surface area contributed by atoms with E-state index in [-0.39, 0.29) is 22.8 Å². The number of rotatable bonds is 10. The molecule has 3 aromatic rings. The summed E-state index contributed by atoms with van der Waals surface area (Å²) in [4.78, 5) is 33.4. The fourth-order valence-corrected chi connectivity index (χ4v) is 7.17. The highest BCUT2D eigenvalue weighted by Gasteiger charge is 2.33. The minimum atomic E-state index is -0.354. The first-order chi connectivity index (χ1) is 22.2. The fraction of sp³-hybridized carbons (Fsp3) is 0.353. The number of aromatic nitrogens is 1. The van der Waals surface area contributed by atoms with Gasteiger partial charge in [0.1, 0.15) is 27.6 Å². The Morgan fingerprint density at radius 2 is 1.72 bits per heavy atom. The van der Waals surface area contributed by atoms with Crippen LogP contribution in [0.15, 0.2) is 52.2 Å². The third-order valence-corrected chi connectivity index (χ3v) is 9.66. The van der Waals surface area contributed by atoms with Crippen molar-refractivity contribution in [3.05, 3.63) is 85.8 Å². The molecule has 0 bridgehead atoms. The molecule has 2 aromatic carbocycles. The number of benzene rings is 2. The molecule has 3 heterocycles. The van der Waals surface area contributed by atoms with E-state index in [2.05, 4.69) is 11.0 Å². The van der Waals surface area contributed by atoms with Gasteiger partial charge in [0, 0.05) is 44.8 Å². The molecule has 0 aliphatic carbocycles. The van der Waals surface area contributed by atoms with Crippen molar-refractivity contribution in [3.63, 3.8) is 0 Å². The zero-order valence-corrected chi connectivity index (χ0v) is 28.0. The van der Waals surface area contributed by atoms with Crippen molar-refractivity contribution in [2.45, 2.75) is 33.2 Å². The molecule has 46 heavy (non-hydrogen) atoms. The van der Waals surface area contributed by atoms with Crippen LogP contribution in [0.3, 0.4) is 0 Å². The second kappa shape index (κ2) is 14.4. The van der Waals surface area contributed by atoms with Crippen LogP contribution in [0, 0.1) is 24.1 Å². The van der Waals surface area contributed by atoms with Crippen LogP contribution < -0.4 is 24.8 Å². The number of amides is 1. The predicted molar refractivity (Wildman–Crippen MR) is 184 cm³/mol. The number of hydrogen-bond donors (Lipinski definition) is 0. The van der Waals surface area contributed by atoms with Crippen LogP contribution in [-0.2, 0) is 17.8 Å². The molecule has 1 aromatic heterocycles. The molecular formula is C34H36FN5O4S2. The molecule has 2 saturated heterocycles. The van der Waals surface area contributed by atoms with Crippen molar-refractivity contribution in [2.24, 2.45) is 0 Å². The van der Waals surface area contributed by atoms with Crippen molar-refractivity contribution in [1.82, 2.24) is 9.47 Å². The normalized spacial score (nSPS) is 15.9. The van der Waals surface area contributed by atoms with Crippen molar-refractivity contribution < 1.29 is 18.7 Å². The minimum absolute atomic E-state index is 0.0531. The van der Waals surface area contributed by atoms with E-state index in [9.17, 15) is 19.2 Å². The lowest BCUT2D eigenvalue weighted by Crippen LogP contribution is -2.49. The number of nitriles is 1. The van der Waals surface area contributed by atoms with Gasteiger partial charge in [0.2, 0.25) is 0 Å². The Balaban J connectivity index is 1.47. The highest BCUT2D eigenvalue weighted by atomic mass is 32.2. The maximum atomic E-state index is 14.6. The average Bonchev–Trinajstić information content (AvgIpc) is 3.33. The number of ether oxygens (including phenoxy) is 2. The summed E-state index contributed by atoms with van der Waals surface area (Å²) in [6.07, 6.45) is 3.00. The van der Waals surface area contributed by atoms with Gasteiger partial charge in [0.25, 0.3) is 11.5 Å². The summed E-state index contributed by atoms with van der Waals surface area (Å²) in [5.74, 6) is 1.39. The summed E-state index contributed by atoms with van der Waals surface area (Å²) in [7, 11) is 3.16. The molecule has 2 fully saturated rings. The van der Waals surface area contributed by atoms with Crippen LogP contribution >= 0.6 is 24.0 Å². The number of thiocarbonyl (C=S) groups is 1. The van der Waals surface area contributed by atoms with Crippen LogP contribution in [0.1, 0.15) is 35.6 Å². The lowest BCUT2D eigenvalue weighted by atomic mass is 10.0. The van der Waals surface area contributed by atoms with E-state index in [1.54, 1.807) is 48.8 Å². The molecule has 2 aliphatic rings. The molecule has 0 atom stereocenters. The van der Waals surface area contributed by atoms with Gasteiger partial charge in [0.05, 0.1) is 24.8 Å². The van der Waals surface area contributed by atoms with E-state index in [4.69, 9.17) is 21.7 Å². The zero-order chi connectivity index (χ0) is 33.0. The Kier molecular flexibility index (Phi) is 10.3. The van der Waals surface area contributed by atoms with Gasteiger partial charge in [-0.3, -0.25) is 19.1 Å². The molecule has 12 heteroatoms. The molecular weight excluding hydrogens is 626 g/mol. The van der Waals surface area contributed by atoms with E-state index >= 15 is 0 Å². The number of anilines is 2. The Hall–Kier alpha value is -4.34. The molecule has 1 amide bonds. The highest BCUT2D eigenvalue weighted by molar-refractivity contribution is 8.26. The Morgan fingerprint density at radius 3 is 2.37 bits per heavy atom. The Bertz CT molecular complexity index is 1790. The third kappa shape index (κ3) is 6.48. The fourth-order valence-electron chi connectivity index (χ4n) is 5.88. The van der Waals surface area contributed by atoms with Crippen molar-refractivity contribution in [3.8, 4) is 17.6 Å². The van der Waals surface area contributed by atoms with E-state index < -0.39 is 0 Å². The van der Waals surface area contributed by atoms with Crippen LogP contribution in [0.4, 0.5) is 15.9 Å². The van der Waals surface area contributed by atoms with Crippen molar-refractivity contribution >= 4 is 51.8 Å². The number of halogens is 1. The third-order valence-electron chi connectivity index (χ3n) is 8.29. The van der Waals surface area contributed by atoms with Gasteiger partial charge in [-0.1, -0.05) is 49.1 Å². The van der Waals surface area contributed by atoms with E-state index in [1.807, 2.05) is 36.1 Å². The van der Waals surface area contributed by atoms with Gasteiger partial charge < -0.3 is 19.3 Å². The molecule has 9 nitrogen and oxygen atoms in total. The van der Waals surface area contributed by atoms with Crippen molar-refractivity contribution in [1.29, 1.82) is 5.26 Å². The van der Waals surface area contributed by atoms with Crippen LogP contribution in [0.25, 0.3) is 6.08 Å². The van der Waals surface area contributed by atoms with Crippen LogP contribution in [0.2, 0.25) is 0 Å². The summed E-state index contributed by atoms with van der Waals surface area (Å²) >= 11 is 6.85. The quantitative estimate of drug-likeness (QED) is 0.210. The number of carbonyl (C=O) groups excluding carboxylic acids is 1. The first kappa shape index (κ1) is 33.0. The van der Waals surface area contributed by atoms with E-state index in [0.717, 1.165) is 5.56 Å².